The van der Waals surface area contributed by atoms with E-state index in [4.69, 9.17) is 14.2 Å². The van der Waals surface area contributed by atoms with Gasteiger partial charge in [-0.2, -0.15) is 0 Å². The minimum atomic E-state index is -0.628. The van der Waals surface area contributed by atoms with Crippen LogP contribution in [-0.2, 0) is 20.7 Å². The number of rotatable bonds is 6. The lowest BCUT2D eigenvalue weighted by Gasteiger charge is -2.30. The Morgan fingerprint density at radius 1 is 1.20 bits per heavy atom. The summed E-state index contributed by atoms with van der Waals surface area (Å²) in [6.45, 7) is 6.17. The monoisotopic (exact) mass is 486 g/mol. The lowest BCUT2D eigenvalue weighted by molar-refractivity contribution is -0.131. The molecule has 1 saturated heterocycles. The number of nitrogens with zero attached hydrogens (tertiary/aromatic N) is 1. The van der Waals surface area contributed by atoms with Gasteiger partial charge in [0.05, 0.1) is 12.6 Å². The number of hydrogen-bond donors (Lipinski definition) is 2. The smallest absolute Gasteiger partial charge is 0.419 e. The van der Waals surface area contributed by atoms with Gasteiger partial charge in [0.15, 0.2) is 0 Å². The quantitative estimate of drug-likeness (QED) is 0.632. The summed E-state index contributed by atoms with van der Waals surface area (Å²) in [5, 5.41) is 13.7. The molecule has 2 aromatic rings. The first kappa shape index (κ1) is 25.5. The number of carbonyl (C=O) groups is 2. The highest BCUT2D eigenvalue weighted by atomic mass is 16.6. The number of fused-ring (bicyclic) bond motifs is 1. The summed E-state index contributed by atoms with van der Waals surface area (Å²) in [5.74, 6) is 0.853. The van der Waals surface area contributed by atoms with Crippen LogP contribution >= 0.6 is 0 Å². The molecule has 8 heteroatoms. The van der Waals surface area contributed by atoms with E-state index in [0.29, 0.717) is 18.8 Å². The Bertz CT molecular complexity index is 1060. The predicted molar refractivity (Wildman–Crippen MR) is 133 cm³/mol. The van der Waals surface area contributed by atoms with Gasteiger partial charge in [-0.05, 0) is 88.5 Å². The summed E-state index contributed by atoms with van der Waals surface area (Å²) in [5.41, 5.74) is 2.00. The summed E-state index contributed by atoms with van der Waals surface area (Å²) in [4.78, 5) is 25.8. The Labute approximate surface area is 206 Å². The van der Waals surface area contributed by atoms with Crippen molar-refractivity contribution in [2.24, 2.45) is 0 Å². The van der Waals surface area contributed by atoms with Crippen LogP contribution in [0.15, 0.2) is 18.3 Å². The lowest BCUT2D eigenvalue weighted by Crippen LogP contribution is -2.43. The fourth-order valence-corrected chi connectivity index (χ4v) is 5.30. The van der Waals surface area contributed by atoms with E-state index in [-0.39, 0.29) is 30.6 Å². The normalized spacial score (nSPS) is 22.8. The van der Waals surface area contributed by atoms with Crippen molar-refractivity contribution in [3.05, 3.63) is 29.5 Å². The van der Waals surface area contributed by atoms with E-state index in [1.54, 1.807) is 11.7 Å². The van der Waals surface area contributed by atoms with Crippen molar-refractivity contribution in [2.45, 2.75) is 89.4 Å². The molecule has 8 nitrogen and oxygen atoms in total. The van der Waals surface area contributed by atoms with E-state index in [1.165, 1.54) is 0 Å². The standard InChI is InChI=1S/C27H38N2O6/c1-27(2,3)35-26(32)29-16-21(20-15-24(33-4)18(10-11-30)14-22(20)29)17-7-5-8-19(13-17)28-25(31)23-9-6-12-34-23/h14-17,19,23,30H,5-13H2,1-4H3,(H,28,31)/t17-,19?,23+/m1/s1. The van der Waals surface area contributed by atoms with Gasteiger partial charge in [-0.3, -0.25) is 9.36 Å². The first-order chi connectivity index (χ1) is 16.7. The Hall–Kier alpha value is -2.58. The number of ether oxygens (including phenoxy) is 3. The maximum atomic E-state index is 13.1. The largest absolute Gasteiger partial charge is 0.496 e. The zero-order chi connectivity index (χ0) is 25.2. The molecule has 3 atom stereocenters. The molecule has 1 aliphatic carbocycles. The van der Waals surface area contributed by atoms with Crippen LogP contribution in [0.5, 0.6) is 5.75 Å². The van der Waals surface area contributed by atoms with Gasteiger partial charge in [-0.15, -0.1) is 0 Å². The molecule has 1 aromatic carbocycles. The molecule has 0 spiro atoms. The highest BCUT2D eigenvalue weighted by molar-refractivity contribution is 5.94. The number of nitrogens with one attached hydrogen (secondary N) is 1. The summed E-state index contributed by atoms with van der Waals surface area (Å²) in [6.07, 6.45) is 6.93. The number of carbonyl (C=O) groups excluding carboxylic acids is 2. The molecular formula is C27H38N2O6. The molecule has 1 unspecified atom stereocenters. The number of amides is 1. The van der Waals surface area contributed by atoms with Crippen LogP contribution in [0, 0.1) is 0 Å². The molecule has 2 aliphatic rings. The van der Waals surface area contributed by atoms with E-state index >= 15 is 0 Å². The summed E-state index contributed by atoms with van der Waals surface area (Å²) >= 11 is 0. The highest BCUT2D eigenvalue weighted by Gasteiger charge is 2.31. The second-order valence-corrected chi connectivity index (χ2v) is 10.7. The second kappa shape index (κ2) is 10.6. The van der Waals surface area contributed by atoms with Crippen molar-refractivity contribution in [1.29, 1.82) is 0 Å². The SMILES string of the molecule is COc1cc2c([C@@H]3CCCC(NC(=O)[C@@H]4CCCO4)C3)cn(C(=O)OC(C)(C)C)c2cc1CCO. The van der Waals surface area contributed by atoms with Crippen LogP contribution < -0.4 is 10.1 Å². The molecule has 192 valence electrons. The second-order valence-electron chi connectivity index (χ2n) is 10.7. The number of benzene rings is 1. The maximum Gasteiger partial charge on any atom is 0.419 e. The van der Waals surface area contributed by atoms with Gasteiger partial charge in [-0.1, -0.05) is 6.42 Å². The topological polar surface area (TPSA) is 99.0 Å². The van der Waals surface area contributed by atoms with E-state index < -0.39 is 11.7 Å². The van der Waals surface area contributed by atoms with Crippen molar-refractivity contribution >= 4 is 22.9 Å². The zero-order valence-corrected chi connectivity index (χ0v) is 21.3. The fraction of sp³-hybridized carbons (Fsp3) is 0.630. The van der Waals surface area contributed by atoms with Gasteiger partial charge in [0, 0.05) is 30.8 Å². The molecule has 0 radical (unpaired) electrons. The van der Waals surface area contributed by atoms with E-state index in [9.17, 15) is 14.7 Å². The van der Waals surface area contributed by atoms with Gasteiger partial charge in [0.25, 0.3) is 0 Å². The summed E-state index contributed by atoms with van der Waals surface area (Å²) in [7, 11) is 1.61. The number of aliphatic hydroxyl groups is 1. The molecule has 1 aliphatic heterocycles. The average molecular weight is 487 g/mol. The third-order valence-corrected chi connectivity index (χ3v) is 6.89. The molecule has 4 rings (SSSR count). The minimum Gasteiger partial charge on any atom is -0.496 e. The van der Waals surface area contributed by atoms with Crippen molar-refractivity contribution in [1.82, 2.24) is 9.88 Å². The Morgan fingerprint density at radius 2 is 2.00 bits per heavy atom. The average Bonchev–Trinajstić information content (AvgIpc) is 3.46. The fourth-order valence-electron chi connectivity index (χ4n) is 5.30. The van der Waals surface area contributed by atoms with Crippen LogP contribution in [0.25, 0.3) is 10.9 Å². The van der Waals surface area contributed by atoms with E-state index in [1.807, 2.05) is 39.1 Å². The van der Waals surface area contributed by atoms with Crippen LogP contribution in [0.2, 0.25) is 0 Å². The molecular weight excluding hydrogens is 448 g/mol. The number of aliphatic hydroxyl groups excluding tert-OH is 1. The maximum absolute atomic E-state index is 13.1. The Balaban J connectivity index is 1.67. The third kappa shape index (κ3) is 5.81. The van der Waals surface area contributed by atoms with Crippen LogP contribution in [0.4, 0.5) is 4.79 Å². The first-order valence-electron chi connectivity index (χ1n) is 12.7. The van der Waals surface area contributed by atoms with Crippen LogP contribution in [0.1, 0.15) is 76.3 Å². The number of methoxy groups -OCH3 is 1. The summed E-state index contributed by atoms with van der Waals surface area (Å²) in [6, 6.07) is 3.95. The number of aromatic nitrogens is 1. The minimum absolute atomic E-state index is 0.0142. The van der Waals surface area contributed by atoms with Gasteiger partial charge in [-0.25, -0.2) is 4.79 Å². The molecule has 2 heterocycles. The van der Waals surface area contributed by atoms with Crippen molar-refractivity contribution in [3.8, 4) is 5.75 Å². The molecule has 0 bridgehead atoms. The first-order valence-corrected chi connectivity index (χ1v) is 12.7. The molecule has 35 heavy (non-hydrogen) atoms. The van der Waals surface area contributed by atoms with Crippen molar-refractivity contribution < 1.29 is 28.9 Å². The molecule has 1 amide bonds. The molecule has 1 saturated carbocycles. The molecule has 1 aromatic heterocycles. The van der Waals surface area contributed by atoms with Crippen molar-refractivity contribution in [3.63, 3.8) is 0 Å². The molecule has 2 N–H and O–H groups in total. The predicted octanol–water partition coefficient (Wildman–Crippen LogP) is 4.29. The van der Waals surface area contributed by atoms with Gasteiger partial charge in [0.1, 0.15) is 17.5 Å². The van der Waals surface area contributed by atoms with E-state index in [2.05, 4.69) is 5.32 Å². The Morgan fingerprint density at radius 3 is 2.66 bits per heavy atom. The van der Waals surface area contributed by atoms with Gasteiger partial charge < -0.3 is 24.6 Å². The van der Waals surface area contributed by atoms with Crippen LogP contribution in [0.3, 0.4) is 0 Å². The van der Waals surface area contributed by atoms with Crippen molar-refractivity contribution in [2.75, 3.05) is 20.3 Å². The lowest BCUT2D eigenvalue weighted by atomic mass is 9.81. The highest BCUT2D eigenvalue weighted by Crippen LogP contribution is 2.40. The summed E-state index contributed by atoms with van der Waals surface area (Å²) < 4.78 is 18.4. The zero-order valence-electron chi connectivity index (χ0n) is 21.3. The van der Waals surface area contributed by atoms with Gasteiger partial charge in [0.2, 0.25) is 5.91 Å². The number of hydrogen-bond acceptors (Lipinski definition) is 6. The Kier molecular flexibility index (Phi) is 7.71. The molecule has 2 fully saturated rings. The van der Waals surface area contributed by atoms with Gasteiger partial charge >= 0.3 is 6.09 Å². The third-order valence-electron chi connectivity index (χ3n) is 6.89. The van der Waals surface area contributed by atoms with Crippen LogP contribution in [-0.4, -0.2) is 59.7 Å². The van der Waals surface area contributed by atoms with E-state index in [0.717, 1.165) is 60.6 Å².